The third-order valence-electron chi connectivity index (χ3n) is 2.69. The lowest BCUT2D eigenvalue weighted by molar-refractivity contribution is -0.121. The Morgan fingerprint density at radius 1 is 1.50 bits per heavy atom. The summed E-state index contributed by atoms with van der Waals surface area (Å²) >= 11 is 5.21. The van der Waals surface area contributed by atoms with Gasteiger partial charge >= 0.3 is 0 Å². The minimum absolute atomic E-state index is 0.260. The molecule has 0 aromatic rings. The number of Topliss-reactive ketones (excluding diaryl/α,β-unsaturated/α-hetero) is 1. The zero-order valence-corrected chi connectivity index (χ0v) is 9.69. The SMILES string of the molecule is CCNC(=S)N1CCC(C(C)=O)CC1. The normalized spacial score (nSPS) is 18.0. The number of rotatable bonds is 2. The number of piperidine rings is 1. The second-order valence-electron chi connectivity index (χ2n) is 3.71. The summed E-state index contributed by atoms with van der Waals surface area (Å²) in [6.45, 7) is 6.41. The molecule has 4 heteroatoms. The van der Waals surface area contributed by atoms with Crippen molar-refractivity contribution in [3.05, 3.63) is 0 Å². The number of thiocarbonyl (C=S) groups is 1. The first-order valence-electron chi connectivity index (χ1n) is 5.18. The molecule has 1 saturated heterocycles. The summed E-state index contributed by atoms with van der Waals surface area (Å²) in [7, 11) is 0. The monoisotopic (exact) mass is 214 g/mol. The van der Waals surface area contributed by atoms with Gasteiger partial charge in [-0.1, -0.05) is 0 Å². The van der Waals surface area contributed by atoms with Gasteiger partial charge in [0.2, 0.25) is 0 Å². The molecule has 0 atom stereocenters. The van der Waals surface area contributed by atoms with E-state index in [0.29, 0.717) is 5.78 Å². The number of likely N-dealkylation sites (tertiary alicyclic amines) is 1. The Hall–Kier alpha value is -0.640. The minimum atomic E-state index is 0.260. The van der Waals surface area contributed by atoms with Crippen LogP contribution in [-0.4, -0.2) is 35.4 Å². The highest BCUT2D eigenvalue weighted by molar-refractivity contribution is 7.80. The maximum atomic E-state index is 11.1. The van der Waals surface area contributed by atoms with E-state index in [1.54, 1.807) is 6.92 Å². The molecule has 0 aromatic heterocycles. The van der Waals surface area contributed by atoms with E-state index in [9.17, 15) is 4.79 Å². The Labute approximate surface area is 90.8 Å². The average Bonchev–Trinajstić information content (AvgIpc) is 2.18. The Kier molecular flexibility index (Phi) is 4.32. The number of hydrogen-bond donors (Lipinski definition) is 1. The number of nitrogens with zero attached hydrogens (tertiary/aromatic N) is 1. The molecule has 0 aliphatic carbocycles. The van der Waals surface area contributed by atoms with Gasteiger partial charge in [-0.25, -0.2) is 0 Å². The van der Waals surface area contributed by atoms with Crippen molar-refractivity contribution in [2.45, 2.75) is 26.7 Å². The van der Waals surface area contributed by atoms with Gasteiger partial charge in [0.25, 0.3) is 0 Å². The van der Waals surface area contributed by atoms with Gasteiger partial charge < -0.3 is 10.2 Å². The van der Waals surface area contributed by atoms with E-state index >= 15 is 0 Å². The van der Waals surface area contributed by atoms with Crippen LogP contribution < -0.4 is 5.32 Å². The molecular formula is C10H18N2OS. The maximum absolute atomic E-state index is 11.1. The quantitative estimate of drug-likeness (QED) is 0.700. The second-order valence-corrected chi connectivity index (χ2v) is 4.09. The summed E-state index contributed by atoms with van der Waals surface area (Å²) in [6.07, 6.45) is 1.89. The molecule has 1 rings (SSSR count). The lowest BCUT2D eigenvalue weighted by atomic mass is 9.94. The summed E-state index contributed by atoms with van der Waals surface area (Å²) < 4.78 is 0. The summed E-state index contributed by atoms with van der Waals surface area (Å²) in [5.41, 5.74) is 0. The van der Waals surface area contributed by atoms with E-state index in [1.807, 2.05) is 6.92 Å². The molecule has 0 radical (unpaired) electrons. The average molecular weight is 214 g/mol. The molecule has 0 amide bonds. The van der Waals surface area contributed by atoms with Crippen LogP contribution in [0.15, 0.2) is 0 Å². The van der Waals surface area contributed by atoms with Crippen molar-refractivity contribution >= 4 is 23.1 Å². The van der Waals surface area contributed by atoms with Crippen LogP contribution in [0.2, 0.25) is 0 Å². The predicted octanol–water partition coefficient (Wildman–Crippen LogP) is 1.18. The number of nitrogens with one attached hydrogen (secondary N) is 1. The highest BCUT2D eigenvalue weighted by Gasteiger charge is 2.23. The standard InChI is InChI=1S/C10H18N2OS/c1-3-11-10(14)12-6-4-9(5-7-12)8(2)13/h9H,3-7H2,1-2H3,(H,11,14). The van der Waals surface area contributed by atoms with Gasteiger partial charge in [0.1, 0.15) is 5.78 Å². The molecular weight excluding hydrogens is 196 g/mol. The first-order valence-corrected chi connectivity index (χ1v) is 5.59. The van der Waals surface area contributed by atoms with Gasteiger partial charge in [0, 0.05) is 25.6 Å². The number of carbonyl (C=O) groups is 1. The van der Waals surface area contributed by atoms with Crippen molar-refractivity contribution in [3.63, 3.8) is 0 Å². The van der Waals surface area contributed by atoms with Crippen LogP contribution in [0.5, 0.6) is 0 Å². The van der Waals surface area contributed by atoms with E-state index in [4.69, 9.17) is 12.2 Å². The van der Waals surface area contributed by atoms with Gasteiger partial charge in [0.05, 0.1) is 0 Å². The second kappa shape index (κ2) is 5.29. The van der Waals surface area contributed by atoms with Crippen molar-refractivity contribution < 1.29 is 4.79 Å². The summed E-state index contributed by atoms with van der Waals surface area (Å²) in [4.78, 5) is 13.3. The lowest BCUT2D eigenvalue weighted by Gasteiger charge is -2.32. The Morgan fingerprint density at radius 3 is 2.50 bits per heavy atom. The van der Waals surface area contributed by atoms with Gasteiger partial charge in [-0.3, -0.25) is 4.79 Å². The van der Waals surface area contributed by atoms with Gasteiger partial charge in [-0.2, -0.15) is 0 Å². The predicted molar refractivity (Wildman–Crippen MR) is 61.3 cm³/mol. The summed E-state index contributed by atoms with van der Waals surface area (Å²) in [5.74, 6) is 0.578. The van der Waals surface area contributed by atoms with Crippen LogP contribution >= 0.6 is 12.2 Å². The molecule has 1 N–H and O–H groups in total. The third-order valence-corrected chi connectivity index (χ3v) is 3.09. The molecule has 0 saturated carbocycles. The van der Waals surface area contributed by atoms with E-state index in [2.05, 4.69) is 10.2 Å². The highest BCUT2D eigenvalue weighted by Crippen LogP contribution is 2.17. The molecule has 0 unspecified atom stereocenters. The van der Waals surface area contributed by atoms with Crippen LogP contribution in [0.25, 0.3) is 0 Å². The lowest BCUT2D eigenvalue weighted by Crippen LogP contribution is -2.45. The topological polar surface area (TPSA) is 32.3 Å². The van der Waals surface area contributed by atoms with Crippen molar-refractivity contribution in [3.8, 4) is 0 Å². The zero-order valence-electron chi connectivity index (χ0n) is 8.88. The maximum Gasteiger partial charge on any atom is 0.168 e. The van der Waals surface area contributed by atoms with Crippen LogP contribution in [0, 0.1) is 5.92 Å². The molecule has 0 aromatic carbocycles. The van der Waals surface area contributed by atoms with E-state index in [0.717, 1.165) is 37.6 Å². The molecule has 1 fully saturated rings. The molecule has 80 valence electrons. The largest absolute Gasteiger partial charge is 0.363 e. The van der Waals surface area contributed by atoms with Gasteiger partial charge in [-0.15, -0.1) is 0 Å². The first kappa shape index (κ1) is 11.4. The fourth-order valence-corrected chi connectivity index (χ4v) is 2.08. The zero-order chi connectivity index (χ0) is 10.6. The number of ketones is 1. The molecule has 1 aliphatic rings. The van der Waals surface area contributed by atoms with Crippen molar-refractivity contribution in [1.29, 1.82) is 0 Å². The Balaban J connectivity index is 2.35. The first-order chi connectivity index (χ1) is 6.65. The molecule has 1 aliphatic heterocycles. The van der Waals surface area contributed by atoms with Crippen molar-refractivity contribution in [1.82, 2.24) is 10.2 Å². The van der Waals surface area contributed by atoms with E-state index < -0.39 is 0 Å². The van der Waals surface area contributed by atoms with Crippen LogP contribution in [0.4, 0.5) is 0 Å². The van der Waals surface area contributed by atoms with Crippen LogP contribution in [-0.2, 0) is 4.79 Å². The number of hydrogen-bond acceptors (Lipinski definition) is 2. The van der Waals surface area contributed by atoms with Crippen molar-refractivity contribution in [2.75, 3.05) is 19.6 Å². The van der Waals surface area contributed by atoms with Crippen LogP contribution in [0.3, 0.4) is 0 Å². The third kappa shape index (κ3) is 2.94. The van der Waals surface area contributed by atoms with E-state index in [-0.39, 0.29) is 5.92 Å². The Morgan fingerprint density at radius 2 is 2.07 bits per heavy atom. The van der Waals surface area contributed by atoms with Crippen molar-refractivity contribution in [2.24, 2.45) is 5.92 Å². The molecule has 14 heavy (non-hydrogen) atoms. The van der Waals surface area contributed by atoms with Gasteiger partial charge in [0.15, 0.2) is 5.11 Å². The minimum Gasteiger partial charge on any atom is -0.363 e. The van der Waals surface area contributed by atoms with Gasteiger partial charge in [-0.05, 0) is 38.9 Å². The fraction of sp³-hybridized carbons (Fsp3) is 0.800. The molecule has 1 heterocycles. The Bertz CT molecular complexity index is 222. The van der Waals surface area contributed by atoms with Crippen LogP contribution in [0.1, 0.15) is 26.7 Å². The molecule has 0 spiro atoms. The summed E-state index contributed by atoms with van der Waals surface area (Å²) in [6, 6.07) is 0. The molecule has 0 bridgehead atoms. The number of carbonyl (C=O) groups excluding carboxylic acids is 1. The highest BCUT2D eigenvalue weighted by atomic mass is 32.1. The summed E-state index contributed by atoms with van der Waals surface area (Å²) in [5, 5.41) is 3.96. The fourth-order valence-electron chi connectivity index (χ4n) is 1.75. The smallest absolute Gasteiger partial charge is 0.168 e. The molecule has 3 nitrogen and oxygen atoms in total. The van der Waals surface area contributed by atoms with E-state index in [1.165, 1.54) is 0 Å².